The van der Waals surface area contributed by atoms with Crippen LogP contribution in [0.2, 0.25) is 0 Å². The lowest BCUT2D eigenvalue weighted by molar-refractivity contribution is 0.267. The number of nitrogens with two attached hydrogens (primary N) is 1. The van der Waals surface area contributed by atoms with Crippen LogP contribution in [-0.2, 0) is 6.54 Å². The number of aliphatic hydroxyl groups is 1. The Kier molecular flexibility index (Phi) is 4.73. The second-order valence-electron chi connectivity index (χ2n) is 4.10. The Hall–Kier alpha value is -1.10. The summed E-state index contributed by atoms with van der Waals surface area (Å²) in [6.45, 7) is 0.739. The van der Waals surface area contributed by atoms with Crippen molar-refractivity contribution < 1.29 is 9.84 Å². The topological polar surface area (TPSA) is 58.7 Å². The molecular weight excluding hydrogens is 204 g/mol. The molecule has 0 radical (unpaired) electrons. The summed E-state index contributed by atoms with van der Waals surface area (Å²) in [6, 6.07) is 5.44. The number of rotatable bonds is 5. The molecule has 0 aliphatic rings. The minimum absolute atomic E-state index is 0.0479. The van der Waals surface area contributed by atoms with E-state index in [0.29, 0.717) is 0 Å². The molecule has 0 spiro atoms. The third-order valence-corrected chi connectivity index (χ3v) is 2.42. The number of aliphatic hydroxyl groups excluding tert-OH is 1. The van der Waals surface area contributed by atoms with Crippen LogP contribution in [0.4, 0.5) is 0 Å². The van der Waals surface area contributed by atoms with E-state index in [1.165, 1.54) is 0 Å². The molecule has 3 N–H and O–H groups in total. The number of hydrogen-bond donors (Lipinski definition) is 2. The van der Waals surface area contributed by atoms with Crippen molar-refractivity contribution in [1.82, 2.24) is 4.90 Å². The van der Waals surface area contributed by atoms with Crippen molar-refractivity contribution in [1.29, 1.82) is 0 Å². The molecule has 4 nitrogen and oxygen atoms in total. The third-order valence-electron chi connectivity index (χ3n) is 2.42. The van der Waals surface area contributed by atoms with Crippen molar-refractivity contribution in [2.75, 3.05) is 27.8 Å². The fourth-order valence-corrected chi connectivity index (χ4v) is 1.60. The quantitative estimate of drug-likeness (QED) is 0.775. The van der Waals surface area contributed by atoms with Gasteiger partial charge in [0.1, 0.15) is 5.75 Å². The Morgan fingerprint density at radius 1 is 1.44 bits per heavy atom. The molecule has 0 aromatic heterocycles. The molecule has 90 valence electrons. The lowest BCUT2D eigenvalue weighted by Crippen LogP contribution is -2.16. The standard InChI is InChI=1S/C12H20N2O2/c1-14(2)7-10-6-9(11(13)8-15)4-5-12(10)16-3/h4-6,11,15H,7-8,13H2,1-3H3. The van der Waals surface area contributed by atoms with E-state index in [-0.39, 0.29) is 12.6 Å². The summed E-state index contributed by atoms with van der Waals surface area (Å²) in [4.78, 5) is 2.06. The highest BCUT2D eigenvalue weighted by Crippen LogP contribution is 2.23. The molecule has 0 bridgehead atoms. The lowest BCUT2D eigenvalue weighted by atomic mass is 10.0. The molecule has 4 heteroatoms. The van der Waals surface area contributed by atoms with E-state index < -0.39 is 0 Å². The molecule has 0 aliphatic carbocycles. The van der Waals surface area contributed by atoms with Gasteiger partial charge in [0.05, 0.1) is 19.8 Å². The maximum Gasteiger partial charge on any atom is 0.123 e. The van der Waals surface area contributed by atoms with Crippen LogP contribution < -0.4 is 10.5 Å². The van der Waals surface area contributed by atoms with Gasteiger partial charge >= 0.3 is 0 Å². The summed E-state index contributed by atoms with van der Waals surface area (Å²) in [6.07, 6.45) is 0. The predicted molar refractivity (Wildman–Crippen MR) is 64.4 cm³/mol. The van der Waals surface area contributed by atoms with Gasteiger partial charge in [0.15, 0.2) is 0 Å². The Morgan fingerprint density at radius 2 is 2.12 bits per heavy atom. The van der Waals surface area contributed by atoms with Crippen molar-refractivity contribution >= 4 is 0 Å². The first kappa shape index (κ1) is 13.0. The zero-order valence-electron chi connectivity index (χ0n) is 10.1. The van der Waals surface area contributed by atoms with Crippen molar-refractivity contribution in [3.63, 3.8) is 0 Å². The van der Waals surface area contributed by atoms with E-state index in [1.54, 1.807) is 7.11 Å². The van der Waals surface area contributed by atoms with E-state index in [9.17, 15) is 0 Å². The summed E-state index contributed by atoms with van der Waals surface area (Å²) in [5.41, 5.74) is 7.79. The van der Waals surface area contributed by atoms with Crippen LogP contribution in [0.3, 0.4) is 0 Å². The Bertz CT molecular complexity index is 340. The van der Waals surface area contributed by atoms with Crippen LogP contribution >= 0.6 is 0 Å². The maximum absolute atomic E-state index is 9.02. The first-order chi connectivity index (χ1) is 7.58. The smallest absolute Gasteiger partial charge is 0.123 e. The molecule has 1 aromatic carbocycles. The average molecular weight is 224 g/mol. The maximum atomic E-state index is 9.02. The normalized spacial score (nSPS) is 12.9. The van der Waals surface area contributed by atoms with Gasteiger partial charge in [-0.25, -0.2) is 0 Å². The van der Waals surface area contributed by atoms with Gasteiger partial charge in [0.2, 0.25) is 0 Å². The van der Waals surface area contributed by atoms with Crippen LogP contribution in [0.5, 0.6) is 5.75 Å². The summed E-state index contributed by atoms with van der Waals surface area (Å²) in [5.74, 6) is 0.850. The third kappa shape index (κ3) is 3.20. The highest BCUT2D eigenvalue weighted by Gasteiger charge is 2.09. The molecule has 0 heterocycles. The van der Waals surface area contributed by atoms with Gasteiger partial charge in [0, 0.05) is 12.1 Å². The highest BCUT2D eigenvalue weighted by atomic mass is 16.5. The zero-order valence-corrected chi connectivity index (χ0v) is 10.1. The van der Waals surface area contributed by atoms with Gasteiger partial charge in [0.25, 0.3) is 0 Å². The van der Waals surface area contributed by atoms with Crippen LogP contribution in [0.1, 0.15) is 17.2 Å². The van der Waals surface area contributed by atoms with Crippen LogP contribution in [0.15, 0.2) is 18.2 Å². The number of methoxy groups -OCH3 is 1. The summed E-state index contributed by atoms with van der Waals surface area (Å²) in [5, 5.41) is 9.02. The fourth-order valence-electron chi connectivity index (χ4n) is 1.60. The van der Waals surface area contributed by atoms with E-state index in [1.807, 2.05) is 32.3 Å². The fraction of sp³-hybridized carbons (Fsp3) is 0.500. The largest absolute Gasteiger partial charge is 0.496 e. The van der Waals surface area contributed by atoms with Crippen LogP contribution in [0, 0.1) is 0 Å². The monoisotopic (exact) mass is 224 g/mol. The first-order valence-corrected chi connectivity index (χ1v) is 5.26. The molecular formula is C12H20N2O2. The van der Waals surface area contributed by atoms with E-state index in [0.717, 1.165) is 23.4 Å². The summed E-state index contributed by atoms with van der Waals surface area (Å²) < 4.78 is 5.28. The van der Waals surface area contributed by atoms with Crippen molar-refractivity contribution in [2.45, 2.75) is 12.6 Å². The van der Waals surface area contributed by atoms with Crippen molar-refractivity contribution in [3.8, 4) is 5.75 Å². The molecule has 1 rings (SSSR count). The Balaban J connectivity index is 3.00. The van der Waals surface area contributed by atoms with E-state index >= 15 is 0 Å². The molecule has 1 atom stereocenters. The number of hydrogen-bond acceptors (Lipinski definition) is 4. The molecule has 0 saturated carbocycles. The van der Waals surface area contributed by atoms with E-state index in [4.69, 9.17) is 15.6 Å². The number of ether oxygens (including phenoxy) is 1. The van der Waals surface area contributed by atoms with Crippen molar-refractivity contribution in [2.24, 2.45) is 5.73 Å². The zero-order chi connectivity index (χ0) is 12.1. The Morgan fingerprint density at radius 3 is 2.62 bits per heavy atom. The van der Waals surface area contributed by atoms with Gasteiger partial charge in [-0.1, -0.05) is 6.07 Å². The molecule has 0 saturated heterocycles. The first-order valence-electron chi connectivity index (χ1n) is 5.26. The second kappa shape index (κ2) is 5.84. The molecule has 0 amide bonds. The average Bonchev–Trinajstić information content (AvgIpc) is 2.27. The second-order valence-corrected chi connectivity index (χ2v) is 4.10. The minimum Gasteiger partial charge on any atom is -0.496 e. The van der Waals surface area contributed by atoms with Crippen LogP contribution in [-0.4, -0.2) is 37.8 Å². The lowest BCUT2D eigenvalue weighted by Gasteiger charge is -2.16. The van der Waals surface area contributed by atoms with Gasteiger partial charge in [-0.2, -0.15) is 0 Å². The SMILES string of the molecule is COc1ccc(C(N)CO)cc1CN(C)C. The van der Waals surface area contributed by atoms with E-state index in [2.05, 4.69) is 4.90 Å². The molecule has 1 unspecified atom stereocenters. The molecule has 0 aliphatic heterocycles. The summed E-state index contributed by atoms with van der Waals surface area (Å²) in [7, 11) is 5.65. The van der Waals surface area contributed by atoms with Crippen LogP contribution in [0.25, 0.3) is 0 Å². The van der Waals surface area contributed by atoms with Gasteiger partial charge < -0.3 is 20.5 Å². The summed E-state index contributed by atoms with van der Waals surface area (Å²) >= 11 is 0. The molecule has 1 aromatic rings. The number of benzene rings is 1. The van der Waals surface area contributed by atoms with Gasteiger partial charge in [-0.15, -0.1) is 0 Å². The minimum atomic E-state index is -0.327. The predicted octanol–water partition coefficient (Wildman–Crippen LogP) is 0.749. The van der Waals surface area contributed by atoms with Gasteiger partial charge in [-0.05, 0) is 31.8 Å². The highest BCUT2D eigenvalue weighted by molar-refractivity contribution is 5.38. The van der Waals surface area contributed by atoms with Crippen molar-refractivity contribution in [3.05, 3.63) is 29.3 Å². The van der Waals surface area contributed by atoms with Gasteiger partial charge in [-0.3, -0.25) is 0 Å². The molecule has 16 heavy (non-hydrogen) atoms. The Labute approximate surface area is 96.6 Å². The molecule has 0 fully saturated rings. The number of nitrogens with zero attached hydrogens (tertiary/aromatic N) is 1.